The van der Waals surface area contributed by atoms with Crippen molar-refractivity contribution in [1.29, 1.82) is 0 Å². The molecular formula is C22H22N2O3. The van der Waals surface area contributed by atoms with Crippen LogP contribution in [0.5, 0.6) is 5.75 Å². The topological polar surface area (TPSA) is 52.8 Å². The van der Waals surface area contributed by atoms with Gasteiger partial charge in [0.2, 0.25) is 0 Å². The fourth-order valence-corrected chi connectivity index (χ4v) is 2.87. The molecule has 138 valence electrons. The predicted molar refractivity (Wildman–Crippen MR) is 107 cm³/mol. The first-order valence-electron chi connectivity index (χ1n) is 8.59. The van der Waals surface area contributed by atoms with Crippen molar-refractivity contribution >= 4 is 17.9 Å². The minimum atomic E-state index is -0.371. The largest absolute Gasteiger partial charge is 0.497 e. The van der Waals surface area contributed by atoms with Gasteiger partial charge in [-0.1, -0.05) is 6.07 Å². The van der Waals surface area contributed by atoms with Gasteiger partial charge in [-0.2, -0.15) is 0 Å². The molecule has 0 aliphatic heterocycles. The summed E-state index contributed by atoms with van der Waals surface area (Å²) >= 11 is 0. The lowest BCUT2D eigenvalue weighted by Gasteiger charge is -2.10. The number of hydrogen-bond acceptors (Lipinski definition) is 4. The Morgan fingerprint density at radius 1 is 1.00 bits per heavy atom. The van der Waals surface area contributed by atoms with Gasteiger partial charge in [-0.25, -0.2) is 4.79 Å². The van der Waals surface area contributed by atoms with Crippen LogP contribution in [0.4, 0.5) is 5.69 Å². The number of rotatable bonds is 5. The molecule has 1 heterocycles. The van der Waals surface area contributed by atoms with Gasteiger partial charge in [-0.05, 0) is 67.9 Å². The molecule has 0 spiro atoms. The Morgan fingerprint density at radius 2 is 1.74 bits per heavy atom. The number of methoxy groups -OCH3 is 2. The van der Waals surface area contributed by atoms with Gasteiger partial charge in [0.05, 0.1) is 37.4 Å². The molecular weight excluding hydrogens is 340 g/mol. The van der Waals surface area contributed by atoms with Crippen LogP contribution in [-0.4, -0.2) is 31.0 Å². The monoisotopic (exact) mass is 362 g/mol. The number of aromatic nitrogens is 1. The van der Waals surface area contributed by atoms with Gasteiger partial charge in [0, 0.05) is 11.4 Å². The van der Waals surface area contributed by atoms with E-state index >= 15 is 0 Å². The van der Waals surface area contributed by atoms with Crippen LogP contribution in [-0.2, 0) is 4.74 Å². The molecule has 3 rings (SSSR count). The summed E-state index contributed by atoms with van der Waals surface area (Å²) < 4.78 is 12.1. The smallest absolute Gasteiger partial charge is 0.337 e. The number of ether oxygens (including phenoxy) is 2. The summed E-state index contributed by atoms with van der Waals surface area (Å²) in [5.41, 5.74) is 5.27. The van der Waals surface area contributed by atoms with Crippen LogP contribution in [0.3, 0.4) is 0 Å². The maximum absolute atomic E-state index is 11.8. The van der Waals surface area contributed by atoms with Crippen LogP contribution in [0.2, 0.25) is 0 Å². The quantitative estimate of drug-likeness (QED) is 0.491. The van der Waals surface area contributed by atoms with Crippen LogP contribution < -0.4 is 4.74 Å². The number of benzene rings is 2. The number of carbonyl (C=O) groups excluding carboxylic acids is 1. The first kappa shape index (κ1) is 18.5. The summed E-state index contributed by atoms with van der Waals surface area (Å²) in [4.78, 5) is 16.4. The average molecular weight is 362 g/mol. The van der Waals surface area contributed by atoms with Crippen LogP contribution in [0.15, 0.2) is 59.6 Å². The summed E-state index contributed by atoms with van der Waals surface area (Å²) in [5.74, 6) is 0.443. The van der Waals surface area contributed by atoms with Gasteiger partial charge >= 0.3 is 5.97 Å². The van der Waals surface area contributed by atoms with Gasteiger partial charge in [-0.15, -0.1) is 0 Å². The van der Waals surface area contributed by atoms with Crippen molar-refractivity contribution in [2.24, 2.45) is 4.99 Å². The number of nitrogens with zero attached hydrogens (tertiary/aromatic N) is 2. The molecule has 0 saturated carbocycles. The van der Waals surface area contributed by atoms with Gasteiger partial charge in [-0.3, -0.25) is 4.99 Å². The van der Waals surface area contributed by atoms with E-state index in [4.69, 9.17) is 9.47 Å². The highest BCUT2D eigenvalue weighted by Crippen LogP contribution is 2.23. The molecule has 0 fully saturated rings. The third-order valence-corrected chi connectivity index (χ3v) is 4.40. The van der Waals surface area contributed by atoms with E-state index in [1.54, 1.807) is 25.5 Å². The van der Waals surface area contributed by atoms with Crippen molar-refractivity contribution in [2.45, 2.75) is 13.8 Å². The van der Waals surface area contributed by atoms with E-state index < -0.39 is 0 Å². The zero-order chi connectivity index (χ0) is 19.4. The van der Waals surface area contributed by atoms with Crippen molar-refractivity contribution < 1.29 is 14.3 Å². The van der Waals surface area contributed by atoms with Gasteiger partial charge in [0.25, 0.3) is 0 Å². The van der Waals surface area contributed by atoms with E-state index in [1.165, 1.54) is 7.11 Å². The second-order valence-corrected chi connectivity index (χ2v) is 6.18. The lowest BCUT2D eigenvalue weighted by Crippen LogP contribution is -2.02. The summed E-state index contributed by atoms with van der Waals surface area (Å²) in [7, 11) is 3.02. The fraction of sp³-hybridized carbons (Fsp3) is 0.182. The second-order valence-electron chi connectivity index (χ2n) is 6.18. The van der Waals surface area contributed by atoms with Crippen LogP contribution in [0, 0.1) is 13.8 Å². The first-order chi connectivity index (χ1) is 13.0. The van der Waals surface area contributed by atoms with Crippen LogP contribution >= 0.6 is 0 Å². The predicted octanol–water partition coefficient (Wildman–Crippen LogP) is 4.64. The average Bonchev–Trinajstić information content (AvgIpc) is 3.07. The van der Waals surface area contributed by atoms with Gasteiger partial charge < -0.3 is 14.0 Å². The zero-order valence-electron chi connectivity index (χ0n) is 15.9. The van der Waals surface area contributed by atoms with Crippen molar-refractivity contribution in [2.75, 3.05) is 14.2 Å². The van der Waals surface area contributed by atoms with Crippen molar-refractivity contribution in [3.05, 3.63) is 77.1 Å². The maximum atomic E-state index is 11.8. The Labute approximate surface area is 158 Å². The third kappa shape index (κ3) is 3.92. The lowest BCUT2D eigenvalue weighted by molar-refractivity contribution is 0.0601. The lowest BCUT2D eigenvalue weighted by atomic mass is 10.1. The number of aryl methyl sites for hydroxylation is 2. The minimum absolute atomic E-state index is 0.371. The fourth-order valence-electron chi connectivity index (χ4n) is 2.87. The number of esters is 1. The molecule has 0 amide bonds. The molecule has 5 nitrogen and oxygen atoms in total. The first-order valence-corrected chi connectivity index (χ1v) is 8.59. The molecule has 0 atom stereocenters. The molecule has 5 heteroatoms. The van der Waals surface area contributed by atoms with Gasteiger partial charge in [0.1, 0.15) is 5.75 Å². The highest BCUT2D eigenvalue weighted by molar-refractivity contribution is 5.91. The number of carbonyl (C=O) groups is 1. The van der Waals surface area contributed by atoms with Crippen LogP contribution in [0.25, 0.3) is 5.69 Å². The standard InChI is InChI=1S/C22H22N2O3/c1-15-5-7-17(22(25)27-4)13-21(15)23-14-19-8-6-16(2)24(19)18-9-11-20(26-3)12-10-18/h5-14H,1-4H3. The van der Waals surface area contributed by atoms with E-state index in [9.17, 15) is 4.79 Å². The summed E-state index contributed by atoms with van der Waals surface area (Å²) in [6.07, 6.45) is 1.81. The molecule has 0 N–H and O–H groups in total. The van der Waals surface area contributed by atoms with Crippen LogP contribution in [0.1, 0.15) is 27.3 Å². The van der Waals surface area contributed by atoms with E-state index in [0.717, 1.165) is 34.1 Å². The van der Waals surface area contributed by atoms with Crippen molar-refractivity contribution in [3.63, 3.8) is 0 Å². The van der Waals surface area contributed by atoms with E-state index in [-0.39, 0.29) is 5.97 Å². The molecule has 0 saturated heterocycles. The molecule has 2 aromatic carbocycles. The van der Waals surface area contributed by atoms with Gasteiger partial charge in [0.15, 0.2) is 0 Å². The Morgan fingerprint density at radius 3 is 2.41 bits per heavy atom. The van der Waals surface area contributed by atoms with Crippen molar-refractivity contribution in [3.8, 4) is 11.4 Å². The molecule has 1 aromatic heterocycles. The Balaban J connectivity index is 1.96. The zero-order valence-corrected chi connectivity index (χ0v) is 15.9. The Kier molecular flexibility index (Phi) is 5.41. The summed E-state index contributed by atoms with van der Waals surface area (Å²) in [5, 5.41) is 0. The molecule has 3 aromatic rings. The second kappa shape index (κ2) is 7.91. The van der Waals surface area contributed by atoms with E-state index in [0.29, 0.717) is 5.56 Å². The number of aliphatic imine (C=N–C) groups is 1. The summed E-state index contributed by atoms with van der Waals surface area (Å²) in [6, 6.07) is 17.3. The van der Waals surface area contributed by atoms with E-state index in [2.05, 4.69) is 9.56 Å². The molecule has 0 bridgehead atoms. The minimum Gasteiger partial charge on any atom is -0.497 e. The highest BCUT2D eigenvalue weighted by atomic mass is 16.5. The molecule has 27 heavy (non-hydrogen) atoms. The van der Waals surface area contributed by atoms with Crippen molar-refractivity contribution in [1.82, 2.24) is 4.57 Å². The number of hydrogen-bond donors (Lipinski definition) is 0. The normalized spacial score (nSPS) is 11.0. The maximum Gasteiger partial charge on any atom is 0.337 e. The Hall–Kier alpha value is -3.34. The molecule has 0 unspecified atom stereocenters. The SMILES string of the molecule is COC(=O)c1ccc(C)c(N=Cc2ccc(C)n2-c2ccc(OC)cc2)c1. The highest BCUT2D eigenvalue weighted by Gasteiger charge is 2.09. The summed E-state index contributed by atoms with van der Waals surface area (Å²) in [6.45, 7) is 4.01. The molecule has 0 aliphatic carbocycles. The Bertz CT molecular complexity index is 985. The molecule has 0 radical (unpaired) electrons. The molecule has 0 aliphatic rings. The van der Waals surface area contributed by atoms with E-state index in [1.807, 2.05) is 56.3 Å². The third-order valence-electron chi connectivity index (χ3n) is 4.40.